The molecule has 0 aromatic carbocycles. The van der Waals surface area contributed by atoms with Crippen LogP contribution < -0.4 is 10.6 Å². The molecule has 0 aromatic rings. The van der Waals surface area contributed by atoms with Gasteiger partial charge in [0, 0.05) is 19.1 Å². The van der Waals surface area contributed by atoms with Crippen LogP contribution in [0.3, 0.4) is 0 Å². The molecule has 20 heavy (non-hydrogen) atoms. The molecule has 2 N–H and O–H groups in total. The Bertz CT molecular complexity index is 303. The average molecular weight is 281 g/mol. The predicted molar refractivity (Wildman–Crippen MR) is 82.7 cm³/mol. The number of likely N-dealkylation sites (N-methyl/N-ethyl adjacent to an activating group) is 1. The summed E-state index contributed by atoms with van der Waals surface area (Å²) in [6.45, 7) is 9.28. The van der Waals surface area contributed by atoms with E-state index in [-0.39, 0.29) is 5.41 Å². The molecule has 2 fully saturated rings. The number of piperidine rings is 1. The normalized spacial score (nSPS) is 21.9. The van der Waals surface area contributed by atoms with Crippen molar-refractivity contribution in [2.75, 3.05) is 32.7 Å². The van der Waals surface area contributed by atoms with Crippen molar-refractivity contribution in [3.8, 4) is 0 Å². The van der Waals surface area contributed by atoms with Gasteiger partial charge in [0.05, 0.1) is 5.41 Å². The van der Waals surface area contributed by atoms with E-state index in [9.17, 15) is 4.79 Å². The van der Waals surface area contributed by atoms with Gasteiger partial charge in [-0.05, 0) is 51.7 Å². The van der Waals surface area contributed by atoms with Crippen LogP contribution in [0.1, 0.15) is 52.4 Å². The number of carbonyl (C=O) groups is 1. The zero-order chi connectivity index (χ0) is 14.4. The van der Waals surface area contributed by atoms with E-state index in [1.165, 1.54) is 12.8 Å². The first-order valence-electron chi connectivity index (χ1n) is 8.45. The fourth-order valence-corrected chi connectivity index (χ4v) is 3.51. The first-order chi connectivity index (χ1) is 9.72. The summed E-state index contributed by atoms with van der Waals surface area (Å²) in [6, 6.07) is 0.792. The number of amides is 1. The molecule has 1 aliphatic carbocycles. The molecule has 1 saturated carbocycles. The van der Waals surface area contributed by atoms with Crippen LogP contribution in [0.25, 0.3) is 0 Å². The summed E-state index contributed by atoms with van der Waals surface area (Å²) < 4.78 is 0. The lowest BCUT2D eigenvalue weighted by Gasteiger charge is -2.36. The number of rotatable bonds is 8. The monoisotopic (exact) mass is 281 g/mol. The van der Waals surface area contributed by atoms with Crippen molar-refractivity contribution >= 4 is 5.91 Å². The second-order valence-corrected chi connectivity index (χ2v) is 6.40. The Morgan fingerprint density at radius 1 is 1.30 bits per heavy atom. The van der Waals surface area contributed by atoms with Crippen LogP contribution in [0.15, 0.2) is 0 Å². The lowest BCUT2D eigenvalue weighted by molar-refractivity contribution is -0.133. The minimum absolute atomic E-state index is 0.101. The van der Waals surface area contributed by atoms with Gasteiger partial charge in [-0.15, -0.1) is 0 Å². The Morgan fingerprint density at radius 2 is 2.00 bits per heavy atom. The molecular formula is C16H31N3O. The van der Waals surface area contributed by atoms with Gasteiger partial charge in [-0.25, -0.2) is 0 Å². The van der Waals surface area contributed by atoms with Gasteiger partial charge in [0.25, 0.3) is 0 Å². The molecule has 0 spiro atoms. The number of hydrogen-bond acceptors (Lipinski definition) is 3. The highest BCUT2D eigenvalue weighted by atomic mass is 16.2. The molecule has 4 nitrogen and oxygen atoms in total. The van der Waals surface area contributed by atoms with Crippen LogP contribution in [-0.2, 0) is 4.79 Å². The van der Waals surface area contributed by atoms with E-state index in [1.54, 1.807) is 0 Å². The Balaban J connectivity index is 1.78. The number of nitrogens with one attached hydrogen (secondary N) is 2. The summed E-state index contributed by atoms with van der Waals surface area (Å²) in [5, 5.41) is 6.59. The first-order valence-corrected chi connectivity index (χ1v) is 8.45. The Morgan fingerprint density at radius 3 is 2.55 bits per heavy atom. The third-order valence-electron chi connectivity index (χ3n) is 4.92. The van der Waals surface area contributed by atoms with Crippen molar-refractivity contribution in [1.82, 2.24) is 15.5 Å². The third-order valence-corrected chi connectivity index (χ3v) is 4.92. The summed E-state index contributed by atoms with van der Waals surface area (Å²) in [4.78, 5) is 15.1. The SMILES string of the molecule is CCCC1(C(=O)NCCN(CC)C2CC2)CCNCC1. The Labute approximate surface area is 123 Å². The Hall–Kier alpha value is -0.610. The van der Waals surface area contributed by atoms with Crippen molar-refractivity contribution in [3.05, 3.63) is 0 Å². The van der Waals surface area contributed by atoms with Crippen molar-refractivity contribution in [2.24, 2.45) is 5.41 Å². The largest absolute Gasteiger partial charge is 0.354 e. The van der Waals surface area contributed by atoms with Crippen LogP contribution in [0.4, 0.5) is 0 Å². The molecule has 1 heterocycles. The topological polar surface area (TPSA) is 44.4 Å². The van der Waals surface area contributed by atoms with Crippen LogP contribution >= 0.6 is 0 Å². The van der Waals surface area contributed by atoms with Gasteiger partial charge in [0.1, 0.15) is 0 Å². The van der Waals surface area contributed by atoms with Gasteiger partial charge in [0.2, 0.25) is 5.91 Å². The zero-order valence-electron chi connectivity index (χ0n) is 13.2. The van der Waals surface area contributed by atoms with E-state index in [2.05, 4.69) is 29.4 Å². The third kappa shape index (κ3) is 3.95. The maximum absolute atomic E-state index is 12.6. The van der Waals surface area contributed by atoms with Gasteiger partial charge >= 0.3 is 0 Å². The highest BCUT2D eigenvalue weighted by Gasteiger charge is 2.38. The molecule has 1 amide bonds. The van der Waals surface area contributed by atoms with Gasteiger partial charge in [-0.1, -0.05) is 20.3 Å². The molecule has 2 aliphatic rings. The van der Waals surface area contributed by atoms with Crippen LogP contribution in [0.5, 0.6) is 0 Å². The number of nitrogens with zero attached hydrogens (tertiary/aromatic N) is 1. The molecule has 116 valence electrons. The highest BCUT2D eigenvalue weighted by Crippen LogP contribution is 2.34. The average Bonchev–Trinajstić information content (AvgIpc) is 3.29. The summed E-state index contributed by atoms with van der Waals surface area (Å²) in [6.07, 6.45) is 6.79. The summed E-state index contributed by atoms with van der Waals surface area (Å²) in [5.74, 6) is 0.299. The van der Waals surface area contributed by atoms with Gasteiger partial charge in [-0.2, -0.15) is 0 Å². The van der Waals surface area contributed by atoms with Crippen molar-refractivity contribution in [3.63, 3.8) is 0 Å². The number of hydrogen-bond donors (Lipinski definition) is 2. The van der Waals surface area contributed by atoms with E-state index in [0.29, 0.717) is 5.91 Å². The van der Waals surface area contributed by atoms with Crippen molar-refractivity contribution in [2.45, 2.75) is 58.4 Å². The molecule has 0 radical (unpaired) electrons. The zero-order valence-corrected chi connectivity index (χ0v) is 13.2. The van der Waals surface area contributed by atoms with Gasteiger partial charge in [0.15, 0.2) is 0 Å². The fraction of sp³-hybridized carbons (Fsp3) is 0.938. The molecule has 1 aliphatic heterocycles. The molecular weight excluding hydrogens is 250 g/mol. The predicted octanol–water partition coefficient (Wildman–Crippen LogP) is 1.76. The molecule has 0 atom stereocenters. The van der Waals surface area contributed by atoms with Crippen LogP contribution in [-0.4, -0.2) is 49.6 Å². The lowest BCUT2D eigenvalue weighted by atomic mass is 9.74. The van der Waals surface area contributed by atoms with Crippen LogP contribution in [0, 0.1) is 5.41 Å². The minimum Gasteiger partial charge on any atom is -0.354 e. The summed E-state index contributed by atoms with van der Waals surface area (Å²) in [7, 11) is 0. The van der Waals surface area contributed by atoms with E-state index < -0.39 is 0 Å². The quantitative estimate of drug-likeness (QED) is 0.712. The van der Waals surface area contributed by atoms with E-state index >= 15 is 0 Å². The molecule has 0 unspecified atom stereocenters. The molecule has 1 saturated heterocycles. The standard InChI is InChI=1S/C16H31N3O/c1-3-7-16(8-10-17-11-9-16)15(20)18-12-13-19(4-2)14-5-6-14/h14,17H,3-13H2,1-2H3,(H,18,20). The highest BCUT2D eigenvalue weighted by molar-refractivity contribution is 5.82. The maximum atomic E-state index is 12.6. The minimum atomic E-state index is -0.101. The fourth-order valence-electron chi connectivity index (χ4n) is 3.51. The second-order valence-electron chi connectivity index (χ2n) is 6.40. The molecule has 2 rings (SSSR count). The first kappa shape index (κ1) is 15.8. The maximum Gasteiger partial charge on any atom is 0.226 e. The Kier molecular flexibility index (Phi) is 5.85. The molecule has 4 heteroatoms. The van der Waals surface area contributed by atoms with E-state index in [1.807, 2.05) is 0 Å². The summed E-state index contributed by atoms with van der Waals surface area (Å²) in [5.41, 5.74) is -0.101. The lowest BCUT2D eigenvalue weighted by Crippen LogP contribution is -2.49. The van der Waals surface area contributed by atoms with Crippen molar-refractivity contribution in [1.29, 1.82) is 0 Å². The van der Waals surface area contributed by atoms with Gasteiger partial charge < -0.3 is 10.6 Å². The van der Waals surface area contributed by atoms with E-state index in [0.717, 1.165) is 64.4 Å². The van der Waals surface area contributed by atoms with Crippen LogP contribution in [0.2, 0.25) is 0 Å². The molecule has 0 aromatic heterocycles. The number of carbonyl (C=O) groups excluding carboxylic acids is 1. The van der Waals surface area contributed by atoms with Crippen molar-refractivity contribution < 1.29 is 4.79 Å². The van der Waals surface area contributed by atoms with E-state index in [4.69, 9.17) is 0 Å². The summed E-state index contributed by atoms with van der Waals surface area (Å²) >= 11 is 0. The molecule has 0 bridgehead atoms. The second kappa shape index (κ2) is 7.41. The smallest absolute Gasteiger partial charge is 0.226 e. The van der Waals surface area contributed by atoms with Gasteiger partial charge in [-0.3, -0.25) is 9.69 Å².